The van der Waals surface area contributed by atoms with E-state index in [1.807, 2.05) is 0 Å². The molecule has 0 amide bonds. The van der Waals surface area contributed by atoms with Crippen molar-refractivity contribution in [2.45, 2.75) is 32.7 Å². The fourth-order valence-corrected chi connectivity index (χ4v) is 2.52. The van der Waals surface area contributed by atoms with Gasteiger partial charge >= 0.3 is 0 Å². The summed E-state index contributed by atoms with van der Waals surface area (Å²) in [5.74, 6) is 2.76. The van der Waals surface area contributed by atoms with Crippen molar-refractivity contribution >= 4 is 0 Å². The highest BCUT2D eigenvalue weighted by atomic mass is 14.9. The van der Waals surface area contributed by atoms with Gasteiger partial charge in [0, 0.05) is 6.04 Å². The number of hydrogen-bond donors (Lipinski definition) is 1. The smallest absolute Gasteiger partial charge is 0.00104 e. The zero-order valence-corrected chi connectivity index (χ0v) is 8.09. The van der Waals surface area contributed by atoms with Crippen molar-refractivity contribution in [3.05, 3.63) is 12.2 Å². The molecule has 0 aliphatic heterocycles. The van der Waals surface area contributed by atoms with Crippen LogP contribution in [0.2, 0.25) is 0 Å². The van der Waals surface area contributed by atoms with Crippen molar-refractivity contribution in [2.75, 3.05) is 6.54 Å². The highest BCUT2D eigenvalue weighted by Gasteiger charge is 2.34. The van der Waals surface area contributed by atoms with Gasteiger partial charge < -0.3 is 5.32 Å². The van der Waals surface area contributed by atoms with E-state index in [0.29, 0.717) is 6.04 Å². The summed E-state index contributed by atoms with van der Waals surface area (Å²) < 4.78 is 0. The second kappa shape index (κ2) is 3.21. The zero-order chi connectivity index (χ0) is 8.55. The summed E-state index contributed by atoms with van der Waals surface area (Å²) in [6, 6.07) is 0.646. The predicted octanol–water partition coefficient (Wildman–Crippen LogP) is 2.20. The van der Waals surface area contributed by atoms with Gasteiger partial charge in [0.1, 0.15) is 0 Å². The van der Waals surface area contributed by atoms with Gasteiger partial charge in [-0.15, -0.1) is 0 Å². The lowest BCUT2D eigenvalue weighted by molar-refractivity contribution is 0.397. The van der Waals surface area contributed by atoms with Gasteiger partial charge in [0.2, 0.25) is 0 Å². The third-order valence-corrected chi connectivity index (χ3v) is 3.20. The van der Waals surface area contributed by atoms with E-state index in [2.05, 4.69) is 31.3 Å². The first-order valence-corrected chi connectivity index (χ1v) is 5.17. The van der Waals surface area contributed by atoms with Gasteiger partial charge in [-0.1, -0.05) is 26.0 Å². The van der Waals surface area contributed by atoms with Crippen LogP contribution >= 0.6 is 0 Å². The van der Waals surface area contributed by atoms with E-state index in [1.54, 1.807) is 0 Å². The van der Waals surface area contributed by atoms with Crippen molar-refractivity contribution in [3.63, 3.8) is 0 Å². The molecule has 0 heterocycles. The third-order valence-electron chi connectivity index (χ3n) is 3.20. The molecule has 3 atom stereocenters. The molecule has 0 spiro atoms. The van der Waals surface area contributed by atoms with E-state index in [4.69, 9.17) is 0 Å². The highest BCUT2D eigenvalue weighted by molar-refractivity contribution is 5.10. The summed E-state index contributed by atoms with van der Waals surface area (Å²) in [7, 11) is 0. The van der Waals surface area contributed by atoms with Gasteiger partial charge in [0.25, 0.3) is 0 Å². The van der Waals surface area contributed by atoms with E-state index in [9.17, 15) is 0 Å². The molecule has 0 aromatic heterocycles. The molecule has 1 fully saturated rings. The number of fused-ring (bicyclic) bond motifs is 2. The molecule has 2 aliphatic rings. The zero-order valence-electron chi connectivity index (χ0n) is 8.09. The van der Waals surface area contributed by atoms with Gasteiger partial charge in [-0.25, -0.2) is 0 Å². The first-order chi connectivity index (χ1) is 5.75. The molecule has 1 nitrogen and oxygen atoms in total. The van der Waals surface area contributed by atoms with Crippen molar-refractivity contribution in [1.82, 2.24) is 5.32 Å². The molecule has 0 unspecified atom stereocenters. The van der Waals surface area contributed by atoms with Gasteiger partial charge in [-0.05, 0) is 37.1 Å². The van der Waals surface area contributed by atoms with E-state index in [0.717, 1.165) is 17.8 Å². The summed E-state index contributed by atoms with van der Waals surface area (Å²) in [6.07, 6.45) is 7.71. The molecule has 1 heteroatoms. The van der Waals surface area contributed by atoms with Crippen molar-refractivity contribution in [1.29, 1.82) is 0 Å². The molecule has 1 saturated carbocycles. The van der Waals surface area contributed by atoms with Crippen molar-refractivity contribution < 1.29 is 0 Å². The fourth-order valence-electron chi connectivity index (χ4n) is 2.52. The van der Waals surface area contributed by atoms with Crippen LogP contribution in [0.3, 0.4) is 0 Å². The summed E-state index contributed by atoms with van der Waals surface area (Å²) in [4.78, 5) is 0. The Morgan fingerprint density at radius 3 is 2.67 bits per heavy atom. The van der Waals surface area contributed by atoms with Gasteiger partial charge in [0.15, 0.2) is 0 Å². The molecular weight excluding hydrogens is 146 g/mol. The van der Waals surface area contributed by atoms with E-state index < -0.39 is 0 Å². The quantitative estimate of drug-likeness (QED) is 0.632. The monoisotopic (exact) mass is 165 g/mol. The van der Waals surface area contributed by atoms with Gasteiger partial charge in [-0.2, -0.15) is 0 Å². The van der Waals surface area contributed by atoms with Crippen LogP contribution in [-0.4, -0.2) is 12.6 Å². The Balaban J connectivity index is 1.80. The summed E-state index contributed by atoms with van der Waals surface area (Å²) in [5.41, 5.74) is 0. The van der Waals surface area contributed by atoms with Crippen LogP contribution in [0, 0.1) is 17.8 Å². The second-order valence-electron chi connectivity index (χ2n) is 4.60. The minimum absolute atomic E-state index is 0.646. The number of allylic oxidation sites excluding steroid dienone is 2. The third kappa shape index (κ3) is 1.56. The predicted molar refractivity (Wildman–Crippen MR) is 52.0 cm³/mol. The van der Waals surface area contributed by atoms with Gasteiger partial charge in [0.05, 0.1) is 0 Å². The Bertz CT molecular complexity index is 183. The van der Waals surface area contributed by atoms with E-state index >= 15 is 0 Å². The minimum Gasteiger partial charge on any atom is -0.314 e. The van der Waals surface area contributed by atoms with Crippen LogP contribution < -0.4 is 5.32 Å². The highest BCUT2D eigenvalue weighted by Crippen LogP contribution is 2.42. The van der Waals surface area contributed by atoms with Crippen LogP contribution in [0.15, 0.2) is 12.2 Å². The average Bonchev–Trinajstić information content (AvgIpc) is 2.60. The maximum absolute atomic E-state index is 3.54. The fraction of sp³-hybridized carbons (Fsp3) is 0.818. The Morgan fingerprint density at radius 1 is 1.33 bits per heavy atom. The van der Waals surface area contributed by atoms with Crippen LogP contribution in [0.25, 0.3) is 0 Å². The van der Waals surface area contributed by atoms with Gasteiger partial charge in [-0.3, -0.25) is 0 Å². The van der Waals surface area contributed by atoms with Crippen molar-refractivity contribution in [2.24, 2.45) is 17.8 Å². The topological polar surface area (TPSA) is 12.0 Å². The SMILES string of the molecule is CC(C)NC[C@@H]1C[C@@H]2C=C[C@H]1C2. The molecule has 2 bridgehead atoms. The maximum Gasteiger partial charge on any atom is 0.00104 e. The standard InChI is InChI=1S/C11H19N/c1-8(2)12-7-11-6-9-3-4-10(11)5-9/h3-4,8-12H,5-7H2,1-2H3/t9-,10+,11+/m1/s1. The molecule has 2 aliphatic carbocycles. The lowest BCUT2D eigenvalue weighted by Crippen LogP contribution is -2.30. The van der Waals surface area contributed by atoms with E-state index in [-0.39, 0.29) is 0 Å². The van der Waals surface area contributed by atoms with Crippen LogP contribution in [-0.2, 0) is 0 Å². The molecule has 2 rings (SSSR count). The molecule has 1 N–H and O–H groups in total. The average molecular weight is 165 g/mol. The number of nitrogens with one attached hydrogen (secondary N) is 1. The Kier molecular flexibility index (Phi) is 2.22. The summed E-state index contributed by atoms with van der Waals surface area (Å²) in [6.45, 7) is 5.68. The molecule has 0 aromatic carbocycles. The first-order valence-electron chi connectivity index (χ1n) is 5.17. The normalized spacial score (nSPS) is 38.4. The second-order valence-corrected chi connectivity index (χ2v) is 4.60. The Morgan fingerprint density at radius 2 is 2.17 bits per heavy atom. The maximum atomic E-state index is 3.54. The molecule has 12 heavy (non-hydrogen) atoms. The van der Waals surface area contributed by atoms with Crippen LogP contribution in [0.4, 0.5) is 0 Å². The summed E-state index contributed by atoms with van der Waals surface area (Å²) in [5, 5.41) is 3.54. The first kappa shape index (κ1) is 8.31. The Labute approximate surface area is 75.2 Å². The van der Waals surface area contributed by atoms with Crippen molar-refractivity contribution in [3.8, 4) is 0 Å². The molecule has 0 radical (unpaired) electrons. The largest absolute Gasteiger partial charge is 0.314 e. The van der Waals surface area contributed by atoms with Crippen LogP contribution in [0.1, 0.15) is 26.7 Å². The van der Waals surface area contributed by atoms with Crippen LogP contribution in [0.5, 0.6) is 0 Å². The lowest BCUT2D eigenvalue weighted by Gasteiger charge is -2.19. The van der Waals surface area contributed by atoms with E-state index in [1.165, 1.54) is 19.4 Å². The minimum atomic E-state index is 0.646. The summed E-state index contributed by atoms with van der Waals surface area (Å²) >= 11 is 0. The molecule has 0 saturated heterocycles. The number of rotatable bonds is 3. The number of hydrogen-bond acceptors (Lipinski definition) is 1. The molecule has 68 valence electrons. The molecular formula is C11H19N. The molecule has 0 aromatic rings. The Hall–Kier alpha value is -0.300. The lowest BCUT2D eigenvalue weighted by atomic mass is 9.93.